The van der Waals surface area contributed by atoms with E-state index in [1.807, 2.05) is 14.1 Å². The molecule has 9 heteroatoms. The SMILES string of the molecule is CC(=O)Nc1ccc(S(=O)(=O)Nc2ccc(NCCN(C)C)cn2)cc1. The lowest BCUT2D eigenvalue weighted by molar-refractivity contribution is -0.114. The van der Waals surface area contributed by atoms with Crippen LogP contribution in [-0.2, 0) is 14.8 Å². The average molecular weight is 377 g/mol. The number of rotatable bonds is 8. The zero-order chi connectivity index (χ0) is 19.2. The van der Waals surface area contributed by atoms with Gasteiger partial charge in [0.15, 0.2) is 0 Å². The fraction of sp³-hybridized carbons (Fsp3) is 0.294. The van der Waals surface area contributed by atoms with Gasteiger partial charge >= 0.3 is 0 Å². The van der Waals surface area contributed by atoms with Crippen LogP contribution in [0.2, 0.25) is 0 Å². The molecule has 2 aromatic rings. The van der Waals surface area contributed by atoms with Gasteiger partial charge in [-0.05, 0) is 50.5 Å². The zero-order valence-electron chi connectivity index (χ0n) is 15.0. The summed E-state index contributed by atoms with van der Waals surface area (Å²) in [5.41, 5.74) is 1.34. The zero-order valence-corrected chi connectivity index (χ0v) is 15.8. The van der Waals surface area contributed by atoms with Crippen LogP contribution in [0, 0.1) is 0 Å². The number of aromatic nitrogens is 1. The number of hydrogen-bond acceptors (Lipinski definition) is 6. The maximum Gasteiger partial charge on any atom is 0.263 e. The first-order chi connectivity index (χ1) is 12.3. The molecule has 3 N–H and O–H groups in total. The Kier molecular flexibility index (Phi) is 6.53. The van der Waals surface area contributed by atoms with E-state index in [1.165, 1.54) is 31.2 Å². The van der Waals surface area contributed by atoms with Crippen molar-refractivity contribution in [2.24, 2.45) is 0 Å². The Bertz CT molecular complexity index is 834. The number of hydrogen-bond donors (Lipinski definition) is 3. The van der Waals surface area contributed by atoms with Crippen molar-refractivity contribution in [3.8, 4) is 0 Å². The number of pyridine rings is 1. The second-order valence-electron chi connectivity index (χ2n) is 5.97. The van der Waals surface area contributed by atoms with Crippen LogP contribution in [0.5, 0.6) is 0 Å². The largest absolute Gasteiger partial charge is 0.383 e. The highest BCUT2D eigenvalue weighted by atomic mass is 32.2. The Labute approximate surface area is 153 Å². The van der Waals surface area contributed by atoms with Gasteiger partial charge in [0.1, 0.15) is 5.82 Å². The molecule has 0 atom stereocenters. The molecule has 26 heavy (non-hydrogen) atoms. The molecule has 0 aliphatic heterocycles. The molecule has 0 bridgehead atoms. The van der Waals surface area contributed by atoms with Gasteiger partial charge in [-0.25, -0.2) is 13.4 Å². The minimum Gasteiger partial charge on any atom is -0.383 e. The van der Waals surface area contributed by atoms with Crippen LogP contribution < -0.4 is 15.4 Å². The normalized spacial score (nSPS) is 11.2. The monoisotopic (exact) mass is 377 g/mol. The van der Waals surface area contributed by atoms with E-state index in [0.717, 1.165) is 18.8 Å². The van der Waals surface area contributed by atoms with Crippen molar-refractivity contribution in [3.63, 3.8) is 0 Å². The third-order valence-electron chi connectivity index (χ3n) is 3.38. The van der Waals surface area contributed by atoms with Crippen molar-refractivity contribution in [3.05, 3.63) is 42.6 Å². The third kappa shape index (κ3) is 6.01. The van der Waals surface area contributed by atoms with Gasteiger partial charge in [0.05, 0.1) is 16.8 Å². The molecule has 8 nitrogen and oxygen atoms in total. The van der Waals surface area contributed by atoms with Crippen molar-refractivity contribution in [2.75, 3.05) is 42.5 Å². The second-order valence-corrected chi connectivity index (χ2v) is 7.66. The van der Waals surface area contributed by atoms with E-state index in [0.29, 0.717) is 5.69 Å². The molecule has 0 aliphatic carbocycles. The first-order valence-corrected chi connectivity index (χ1v) is 9.50. The lowest BCUT2D eigenvalue weighted by Gasteiger charge is -2.12. The average Bonchev–Trinajstić information content (AvgIpc) is 2.56. The summed E-state index contributed by atoms with van der Waals surface area (Å²) < 4.78 is 27.2. The Morgan fingerprint density at radius 1 is 1.08 bits per heavy atom. The molecule has 1 aromatic heterocycles. The quantitative estimate of drug-likeness (QED) is 0.648. The van der Waals surface area contributed by atoms with E-state index >= 15 is 0 Å². The first-order valence-electron chi connectivity index (χ1n) is 8.01. The molecular formula is C17H23N5O3S. The van der Waals surface area contributed by atoms with Crippen LogP contribution in [0.15, 0.2) is 47.5 Å². The number of benzene rings is 1. The number of carbonyl (C=O) groups is 1. The number of anilines is 3. The molecule has 1 heterocycles. The van der Waals surface area contributed by atoms with Crippen LogP contribution in [0.4, 0.5) is 17.2 Å². The maximum atomic E-state index is 12.4. The van der Waals surface area contributed by atoms with Gasteiger partial charge in [0.25, 0.3) is 10.0 Å². The predicted molar refractivity (Wildman–Crippen MR) is 103 cm³/mol. The van der Waals surface area contributed by atoms with Crippen LogP contribution in [0.25, 0.3) is 0 Å². The van der Waals surface area contributed by atoms with Gasteiger partial charge in [-0.3, -0.25) is 9.52 Å². The van der Waals surface area contributed by atoms with E-state index in [4.69, 9.17) is 0 Å². The molecular weight excluding hydrogens is 354 g/mol. The van der Waals surface area contributed by atoms with Crippen LogP contribution in [0.3, 0.4) is 0 Å². The number of likely N-dealkylation sites (N-methyl/N-ethyl adjacent to an activating group) is 1. The van der Waals surface area contributed by atoms with Gasteiger partial charge in [0, 0.05) is 25.7 Å². The van der Waals surface area contributed by atoms with E-state index < -0.39 is 10.0 Å². The van der Waals surface area contributed by atoms with Crippen molar-refractivity contribution < 1.29 is 13.2 Å². The van der Waals surface area contributed by atoms with E-state index in [2.05, 4.69) is 25.2 Å². The van der Waals surface area contributed by atoms with Gasteiger partial charge in [-0.15, -0.1) is 0 Å². The van der Waals surface area contributed by atoms with E-state index in [-0.39, 0.29) is 16.6 Å². The summed E-state index contributed by atoms with van der Waals surface area (Å²) in [5, 5.41) is 5.79. The van der Waals surface area contributed by atoms with Gasteiger partial charge in [0.2, 0.25) is 5.91 Å². The highest BCUT2D eigenvalue weighted by Crippen LogP contribution is 2.18. The fourth-order valence-corrected chi connectivity index (χ4v) is 3.11. The van der Waals surface area contributed by atoms with Crippen molar-refractivity contribution in [1.82, 2.24) is 9.88 Å². The summed E-state index contributed by atoms with van der Waals surface area (Å²) in [7, 11) is 0.221. The molecule has 1 amide bonds. The lowest BCUT2D eigenvalue weighted by Crippen LogP contribution is -2.20. The van der Waals surface area contributed by atoms with Gasteiger partial charge in [-0.1, -0.05) is 0 Å². The smallest absolute Gasteiger partial charge is 0.263 e. The molecule has 0 saturated carbocycles. The third-order valence-corrected chi connectivity index (χ3v) is 4.75. The van der Waals surface area contributed by atoms with Crippen molar-refractivity contribution in [1.29, 1.82) is 0 Å². The Balaban J connectivity index is 2.01. The van der Waals surface area contributed by atoms with E-state index in [9.17, 15) is 13.2 Å². The summed E-state index contributed by atoms with van der Waals surface area (Å²) in [6.07, 6.45) is 1.58. The summed E-state index contributed by atoms with van der Waals surface area (Å²) in [6, 6.07) is 9.26. The van der Waals surface area contributed by atoms with Crippen molar-refractivity contribution >= 4 is 33.1 Å². The Hall–Kier alpha value is -2.65. The molecule has 2 rings (SSSR count). The number of sulfonamides is 1. The van der Waals surface area contributed by atoms with E-state index in [1.54, 1.807) is 18.3 Å². The molecule has 0 spiro atoms. The highest BCUT2D eigenvalue weighted by Gasteiger charge is 2.14. The molecule has 1 aromatic carbocycles. The topological polar surface area (TPSA) is 103 Å². The standard InChI is InChI=1S/C17H23N5O3S/c1-13(23)20-14-4-7-16(8-5-14)26(24,25)21-17-9-6-15(12-19-17)18-10-11-22(2)3/h4-9,12,18H,10-11H2,1-3H3,(H,19,21)(H,20,23). The summed E-state index contributed by atoms with van der Waals surface area (Å²) >= 11 is 0. The number of carbonyl (C=O) groups excluding carboxylic acids is 1. The fourth-order valence-electron chi connectivity index (χ4n) is 2.10. The number of nitrogens with zero attached hydrogens (tertiary/aromatic N) is 2. The Morgan fingerprint density at radius 2 is 1.73 bits per heavy atom. The van der Waals surface area contributed by atoms with Crippen molar-refractivity contribution in [2.45, 2.75) is 11.8 Å². The summed E-state index contributed by atoms with van der Waals surface area (Å²) in [5.74, 6) is 0.0105. The minimum atomic E-state index is -3.75. The summed E-state index contributed by atoms with van der Waals surface area (Å²) in [4.78, 5) is 17.3. The molecule has 140 valence electrons. The maximum absolute atomic E-state index is 12.4. The van der Waals surface area contributed by atoms with Crippen LogP contribution in [-0.4, -0.2) is 51.4 Å². The van der Waals surface area contributed by atoms with Crippen LogP contribution >= 0.6 is 0 Å². The molecule has 0 unspecified atom stereocenters. The Morgan fingerprint density at radius 3 is 2.27 bits per heavy atom. The van der Waals surface area contributed by atoms with Gasteiger partial charge in [-0.2, -0.15) is 0 Å². The predicted octanol–water partition coefficient (Wildman–Crippen LogP) is 1.81. The second kappa shape index (κ2) is 8.63. The lowest BCUT2D eigenvalue weighted by atomic mass is 10.3. The number of amides is 1. The van der Waals surface area contributed by atoms with Gasteiger partial charge < -0.3 is 15.5 Å². The molecule has 0 saturated heterocycles. The molecule has 0 aliphatic rings. The highest BCUT2D eigenvalue weighted by molar-refractivity contribution is 7.92. The number of nitrogens with one attached hydrogen (secondary N) is 3. The molecule has 0 radical (unpaired) electrons. The molecule has 0 fully saturated rings. The minimum absolute atomic E-state index is 0.0848. The van der Waals surface area contributed by atoms with Crippen LogP contribution in [0.1, 0.15) is 6.92 Å². The summed E-state index contributed by atoms with van der Waals surface area (Å²) in [6.45, 7) is 3.03. The first kappa shape index (κ1) is 19.7.